The smallest absolute Gasteiger partial charge is 0.196 e. The van der Waals surface area contributed by atoms with Gasteiger partial charge < -0.3 is 0 Å². The molecule has 0 bridgehead atoms. The van der Waals surface area contributed by atoms with E-state index in [0.717, 1.165) is 32.9 Å². The third-order valence-corrected chi connectivity index (χ3v) is 5.64. The van der Waals surface area contributed by atoms with Crippen molar-refractivity contribution in [2.75, 3.05) is 0 Å². The van der Waals surface area contributed by atoms with Gasteiger partial charge in [0, 0.05) is 17.6 Å². The summed E-state index contributed by atoms with van der Waals surface area (Å²) in [5.74, 6) is 1.61. The number of para-hydroxylation sites is 1. The largest absolute Gasteiger partial charge is 0.269 e. The van der Waals surface area contributed by atoms with Crippen LogP contribution in [0, 0.1) is 0 Å². The van der Waals surface area contributed by atoms with Crippen LogP contribution in [0.25, 0.3) is 16.4 Å². The molecular formula is C18H13ClN4S2. The van der Waals surface area contributed by atoms with Gasteiger partial charge in [-0.05, 0) is 35.2 Å². The second-order valence-electron chi connectivity index (χ2n) is 5.23. The van der Waals surface area contributed by atoms with Gasteiger partial charge in [0.2, 0.25) is 0 Å². The Labute approximate surface area is 158 Å². The zero-order valence-electron chi connectivity index (χ0n) is 13.0. The molecule has 124 valence electrons. The summed E-state index contributed by atoms with van der Waals surface area (Å²) in [6.07, 6.45) is 1.79. The number of hydrogen-bond donors (Lipinski definition) is 0. The molecule has 1 aromatic carbocycles. The van der Waals surface area contributed by atoms with Crippen molar-refractivity contribution < 1.29 is 0 Å². The maximum atomic E-state index is 5.85. The van der Waals surface area contributed by atoms with Gasteiger partial charge in [0.25, 0.3) is 0 Å². The van der Waals surface area contributed by atoms with E-state index in [1.165, 1.54) is 0 Å². The van der Waals surface area contributed by atoms with Gasteiger partial charge in [-0.3, -0.25) is 4.57 Å². The summed E-state index contributed by atoms with van der Waals surface area (Å²) in [5.41, 5.74) is 2.14. The SMILES string of the molecule is Clc1ccc(CSc2nnc(-c3cccs3)n2-c2ccccc2)cn1. The maximum absolute atomic E-state index is 5.85. The number of nitrogens with zero attached hydrogens (tertiary/aromatic N) is 4. The number of aromatic nitrogens is 4. The molecule has 0 saturated heterocycles. The van der Waals surface area contributed by atoms with Crippen molar-refractivity contribution >= 4 is 34.7 Å². The first kappa shape index (κ1) is 16.3. The average molecular weight is 385 g/mol. The highest BCUT2D eigenvalue weighted by Gasteiger charge is 2.16. The number of pyridine rings is 1. The third kappa shape index (κ3) is 3.61. The Morgan fingerprint density at radius 2 is 1.88 bits per heavy atom. The van der Waals surface area contributed by atoms with E-state index in [0.29, 0.717) is 5.15 Å². The zero-order valence-corrected chi connectivity index (χ0v) is 15.4. The lowest BCUT2D eigenvalue weighted by atomic mass is 10.3. The summed E-state index contributed by atoms with van der Waals surface area (Å²) in [5, 5.41) is 12.2. The van der Waals surface area contributed by atoms with Crippen molar-refractivity contribution in [3.05, 3.63) is 76.9 Å². The van der Waals surface area contributed by atoms with Crippen molar-refractivity contribution in [1.29, 1.82) is 0 Å². The molecule has 0 amide bonds. The summed E-state index contributed by atoms with van der Waals surface area (Å²) in [6.45, 7) is 0. The van der Waals surface area contributed by atoms with Crippen molar-refractivity contribution in [2.24, 2.45) is 0 Å². The fraction of sp³-hybridized carbons (Fsp3) is 0.0556. The third-order valence-electron chi connectivity index (χ3n) is 3.55. The average Bonchev–Trinajstić information content (AvgIpc) is 3.31. The normalized spacial score (nSPS) is 10.9. The molecule has 0 spiro atoms. The lowest BCUT2D eigenvalue weighted by molar-refractivity contribution is 0.886. The van der Waals surface area contributed by atoms with Gasteiger partial charge in [-0.2, -0.15) is 0 Å². The highest BCUT2D eigenvalue weighted by molar-refractivity contribution is 7.98. The zero-order chi connectivity index (χ0) is 17.1. The Kier molecular flexibility index (Phi) is 4.83. The van der Waals surface area contributed by atoms with Crippen LogP contribution in [-0.2, 0) is 5.75 Å². The second-order valence-corrected chi connectivity index (χ2v) is 7.51. The summed E-state index contributed by atoms with van der Waals surface area (Å²) in [4.78, 5) is 5.22. The molecule has 0 unspecified atom stereocenters. The van der Waals surface area contributed by atoms with Crippen molar-refractivity contribution in [3.63, 3.8) is 0 Å². The standard InChI is InChI=1S/C18H13ClN4S2/c19-16-9-8-13(11-20-16)12-25-18-22-21-17(15-7-4-10-24-15)23(18)14-5-2-1-3-6-14/h1-11H,12H2. The van der Waals surface area contributed by atoms with Crippen LogP contribution in [0.2, 0.25) is 5.15 Å². The Bertz CT molecular complexity index is 951. The molecule has 0 radical (unpaired) electrons. The molecule has 3 heterocycles. The highest BCUT2D eigenvalue weighted by atomic mass is 35.5. The van der Waals surface area contributed by atoms with E-state index in [4.69, 9.17) is 11.6 Å². The predicted octanol–water partition coefficient (Wildman–Crippen LogP) is 5.34. The number of halogens is 1. The van der Waals surface area contributed by atoms with E-state index >= 15 is 0 Å². The van der Waals surface area contributed by atoms with E-state index < -0.39 is 0 Å². The minimum Gasteiger partial charge on any atom is -0.269 e. The molecule has 0 aliphatic heterocycles. The molecule has 7 heteroatoms. The van der Waals surface area contributed by atoms with Crippen molar-refractivity contribution in [2.45, 2.75) is 10.9 Å². The van der Waals surface area contributed by atoms with E-state index in [2.05, 4.69) is 37.9 Å². The molecule has 0 fully saturated rings. The predicted molar refractivity (Wildman–Crippen MR) is 103 cm³/mol. The van der Waals surface area contributed by atoms with Crippen LogP contribution < -0.4 is 0 Å². The van der Waals surface area contributed by atoms with Gasteiger partial charge in [-0.25, -0.2) is 4.98 Å². The highest BCUT2D eigenvalue weighted by Crippen LogP contribution is 2.31. The van der Waals surface area contributed by atoms with Gasteiger partial charge in [0.1, 0.15) is 5.15 Å². The van der Waals surface area contributed by atoms with Gasteiger partial charge in [-0.15, -0.1) is 21.5 Å². The monoisotopic (exact) mass is 384 g/mol. The molecule has 25 heavy (non-hydrogen) atoms. The minimum absolute atomic E-state index is 0.501. The van der Waals surface area contributed by atoms with E-state index in [1.807, 2.05) is 35.7 Å². The quantitative estimate of drug-likeness (QED) is 0.344. The number of thioether (sulfide) groups is 1. The first-order valence-electron chi connectivity index (χ1n) is 7.59. The fourth-order valence-electron chi connectivity index (χ4n) is 2.38. The van der Waals surface area contributed by atoms with Crippen molar-refractivity contribution in [3.8, 4) is 16.4 Å². The number of thiophene rings is 1. The lowest BCUT2D eigenvalue weighted by Gasteiger charge is -2.09. The molecule has 0 atom stereocenters. The number of hydrogen-bond acceptors (Lipinski definition) is 5. The molecule has 4 nitrogen and oxygen atoms in total. The molecule has 4 aromatic rings. The Hall–Kier alpha value is -2.15. The minimum atomic E-state index is 0.501. The van der Waals surface area contributed by atoms with Gasteiger partial charge in [-0.1, -0.05) is 53.7 Å². The van der Waals surface area contributed by atoms with Crippen LogP contribution in [0.5, 0.6) is 0 Å². The van der Waals surface area contributed by atoms with Gasteiger partial charge >= 0.3 is 0 Å². The molecule has 4 rings (SSSR count). The van der Waals surface area contributed by atoms with Crippen LogP contribution in [0.4, 0.5) is 0 Å². The van der Waals surface area contributed by atoms with E-state index in [9.17, 15) is 0 Å². The summed E-state index contributed by atoms with van der Waals surface area (Å²) in [7, 11) is 0. The first-order chi connectivity index (χ1) is 12.3. The summed E-state index contributed by atoms with van der Waals surface area (Å²) < 4.78 is 2.10. The first-order valence-corrected chi connectivity index (χ1v) is 9.83. The Morgan fingerprint density at radius 3 is 2.60 bits per heavy atom. The van der Waals surface area contributed by atoms with Crippen LogP contribution >= 0.6 is 34.7 Å². The lowest BCUT2D eigenvalue weighted by Crippen LogP contribution is -1.98. The number of benzene rings is 1. The van der Waals surface area contributed by atoms with Crippen LogP contribution in [0.15, 0.2) is 71.3 Å². The van der Waals surface area contributed by atoms with Crippen LogP contribution in [-0.4, -0.2) is 19.7 Å². The van der Waals surface area contributed by atoms with Gasteiger partial charge in [0.05, 0.1) is 4.88 Å². The molecule has 0 saturated carbocycles. The molecule has 3 aromatic heterocycles. The number of rotatable bonds is 5. The van der Waals surface area contributed by atoms with E-state index in [1.54, 1.807) is 35.4 Å². The summed E-state index contributed by atoms with van der Waals surface area (Å²) >= 11 is 9.14. The molecular weight excluding hydrogens is 372 g/mol. The van der Waals surface area contributed by atoms with Crippen molar-refractivity contribution in [1.82, 2.24) is 19.7 Å². The maximum Gasteiger partial charge on any atom is 0.196 e. The fourth-order valence-corrected chi connectivity index (χ4v) is 4.07. The summed E-state index contributed by atoms with van der Waals surface area (Å²) in [6, 6.07) is 18.0. The van der Waals surface area contributed by atoms with Gasteiger partial charge in [0.15, 0.2) is 11.0 Å². The molecule has 0 aliphatic carbocycles. The molecule has 0 N–H and O–H groups in total. The second kappa shape index (κ2) is 7.39. The van der Waals surface area contributed by atoms with E-state index in [-0.39, 0.29) is 0 Å². The Morgan fingerprint density at radius 1 is 1.00 bits per heavy atom. The van der Waals surface area contributed by atoms with Crippen LogP contribution in [0.3, 0.4) is 0 Å². The Balaban J connectivity index is 1.69. The van der Waals surface area contributed by atoms with Crippen LogP contribution in [0.1, 0.15) is 5.56 Å². The topological polar surface area (TPSA) is 43.6 Å². The molecule has 0 aliphatic rings.